The highest BCUT2D eigenvalue weighted by Gasteiger charge is 2.14. The van der Waals surface area contributed by atoms with Gasteiger partial charge in [0.2, 0.25) is 0 Å². The normalized spacial score (nSPS) is 14.2. The Labute approximate surface area is 106 Å². The van der Waals surface area contributed by atoms with E-state index in [2.05, 4.69) is 0 Å². The van der Waals surface area contributed by atoms with Gasteiger partial charge in [0, 0.05) is 0 Å². The molecule has 0 spiro atoms. The van der Waals surface area contributed by atoms with E-state index in [1.165, 1.54) is 0 Å². The highest BCUT2D eigenvalue weighted by Crippen LogP contribution is 2.10. The molecule has 16 heavy (non-hydrogen) atoms. The second kappa shape index (κ2) is 6.77. The molecule has 0 saturated carbocycles. The monoisotopic (exact) mass is 260 g/mol. The summed E-state index contributed by atoms with van der Waals surface area (Å²) in [6, 6.07) is 9.42. The van der Waals surface area contributed by atoms with Gasteiger partial charge in [-0.1, -0.05) is 30.3 Å². The topological polar surface area (TPSA) is 26.3 Å². The standard InChI is InChI=1S/C12H14Cl2O2/c1-9(13)11(14)8-16-12(15)7-10-5-3-2-4-6-10/h2-6,9,11H,7-8H2,1H3. The largest absolute Gasteiger partial charge is 0.464 e. The van der Waals surface area contributed by atoms with Crippen LogP contribution in [0.2, 0.25) is 0 Å². The molecule has 1 aromatic carbocycles. The Morgan fingerprint density at radius 3 is 2.50 bits per heavy atom. The highest BCUT2D eigenvalue weighted by atomic mass is 35.5. The van der Waals surface area contributed by atoms with Gasteiger partial charge in [-0.15, -0.1) is 23.2 Å². The fourth-order valence-corrected chi connectivity index (χ4v) is 1.25. The van der Waals surface area contributed by atoms with Crippen molar-refractivity contribution in [2.45, 2.75) is 24.1 Å². The van der Waals surface area contributed by atoms with E-state index in [0.29, 0.717) is 0 Å². The molecule has 0 aliphatic carbocycles. The lowest BCUT2D eigenvalue weighted by Gasteiger charge is -2.11. The van der Waals surface area contributed by atoms with Crippen LogP contribution in [0.5, 0.6) is 0 Å². The van der Waals surface area contributed by atoms with E-state index in [-0.39, 0.29) is 29.8 Å². The molecule has 0 saturated heterocycles. The molecule has 2 unspecified atom stereocenters. The van der Waals surface area contributed by atoms with Gasteiger partial charge >= 0.3 is 5.97 Å². The van der Waals surface area contributed by atoms with E-state index in [4.69, 9.17) is 27.9 Å². The molecule has 0 aromatic heterocycles. The molecule has 0 aliphatic heterocycles. The van der Waals surface area contributed by atoms with E-state index in [1.807, 2.05) is 30.3 Å². The van der Waals surface area contributed by atoms with Gasteiger partial charge in [0.25, 0.3) is 0 Å². The van der Waals surface area contributed by atoms with E-state index in [1.54, 1.807) is 6.92 Å². The maximum absolute atomic E-state index is 11.4. The van der Waals surface area contributed by atoms with Crippen molar-refractivity contribution in [1.29, 1.82) is 0 Å². The number of hydrogen-bond acceptors (Lipinski definition) is 2. The number of alkyl halides is 2. The Bertz CT molecular complexity index is 325. The number of esters is 1. The van der Waals surface area contributed by atoms with Crippen LogP contribution in [0.25, 0.3) is 0 Å². The predicted molar refractivity (Wildman–Crippen MR) is 66.1 cm³/mol. The molecule has 0 bridgehead atoms. The molecule has 1 aromatic rings. The fraction of sp³-hybridized carbons (Fsp3) is 0.417. The SMILES string of the molecule is CC(Cl)C(Cl)COC(=O)Cc1ccccc1. The predicted octanol–water partition coefficient (Wildman–Crippen LogP) is 3.01. The molecule has 0 aliphatic rings. The number of carbonyl (C=O) groups is 1. The first kappa shape index (κ1) is 13.3. The zero-order valence-electron chi connectivity index (χ0n) is 9.03. The summed E-state index contributed by atoms with van der Waals surface area (Å²) in [7, 11) is 0. The first-order valence-electron chi connectivity index (χ1n) is 5.07. The Kier molecular flexibility index (Phi) is 5.64. The summed E-state index contributed by atoms with van der Waals surface area (Å²) in [5, 5.41) is -0.562. The Hall–Kier alpha value is -0.730. The second-order valence-corrected chi connectivity index (χ2v) is 4.79. The lowest BCUT2D eigenvalue weighted by atomic mass is 10.2. The van der Waals surface area contributed by atoms with Crippen molar-refractivity contribution in [2.75, 3.05) is 6.61 Å². The first-order chi connectivity index (χ1) is 7.59. The maximum Gasteiger partial charge on any atom is 0.310 e. The molecule has 1 rings (SSSR count). The molecular weight excluding hydrogens is 247 g/mol. The Morgan fingerprint density at radius 1 is 1.31 bits per heavy atom. The van der Waals surface area contributed by atoms with Crippen molar-refractivity contribution in [3.05, 3.63) is 35.9 Å². The number of rotatable bonds is 5. The average molecular weight is 261 g/mol. The summed E-state index contributed by atoms with van der Waals surface area (Å²) >= 11 is 11.6. The fourth-order valence-electron chi connectivity index (χ4n) is 1.12. The molecule has 4 heteroatoms. The zero-order valence-corrected chi connectivity index (χ0v) is 10.5. The van der Waals surface area contributed by atoms with Crippen LogP contribution in [-0.2, 0) is 16.0 Å². The van der Waals surface area contributed by atoms with Crippen LogP contribution in [0.3, 0.4) is 0 Å². The van der Waals surface area contributed by atoms with Crippen LogP contribution < -0.4 is 0 Å². The third-order valence-corrected chi connectivity index (χ3v) is 3.03. The molecular formula is C12H14Cl2O2. The second-order valence-electron chi connectivity index (χ2n) is 3.54. The van der Waals surface area contributed by atoms with Gasteiger partial charge in [0.15, 0.2) is 0 Å². The quantitative estimate of drug-likeness (QED) is 0.601. The molecule has 2 nitrogen and oxygen atoms in total. The van der Waals surface area contributed by atoms with Gasteiger partial charge in [-0.25, -0.2) is 0 Å². The summed E-state index contributed by atoms with van der Waals surface area (Å²) < 4.78 is 5.01. The lowest BCUT2D eigenvalue weighted by molar-refractivity contribution is -0.142. The average Bonchev–Trinajstić information content (AvgIpc) is 2.27. The van der Waals surface area contributed by atoms with Gasteiger partial charge < -0.3 is 4.74 Å². The smallest absolute Gasteiger partial charge is 0.310 e. The molecule has 2 atom stereocenters. The third kappa shape index (κ3) is 4.86. The molecule has 88 valence electrons. The minimum absolute atomic E-state index is 0.151. The summed E-state index contributed by atoms with van der Waals surface area (Å²) in [5.74, 6) is -0.283. The van der Waals surface area contributed by atoms with Gasteiger partial charge in [0.1, 0.15) is 6.61 Å². The van der Waals surface area contributed by atoms with Crippen LogP contribution in [0.15, 0.2) is 30.3 Å². The molecule has 0 fully saturated rings. The van der Waals surface area contributed by atoms with Gasteiger partial charge in [-0.2, -0.15) is 0 Å². The van der Waals surface area contributed by atoms with E-state index < -0.39 is 0 Å². The van der Waals surface area contributed by atoms with Crippen LogP contribution in [0.4, 0.5) is 0 Å². The molecule has 0 radical (unpaired) electrons. The van der Waals surface area contributed by atoms with E-state index in [0.717, 1.165) is 5.56 Å². The number of benzene rings is 1. The van der Waals surface area contributed by atoms with Crippen molar-refractivity contribution >= 4 is 29.2 Å². The minimum Gasteiger partial charge on any atom is -0.464 e. The first-order valence-corrected chi connectivity index (χ1v) is 5.94. The summed E-state index contributed by atoms with van der Waals surface area (Å²) in [6.45, 7) is 1.92. The zero-order chi connectivity index (χ0) is 12.0. The highest BCUT2D eigenvalue weighted by molar-refractivity contribution is 6.29. The van der Waals surface area contributed by atoms with E-state index >= 15 is 0 Å². The van der Waals surface area contributed by atoms with Crippen LogP contribution >= 0.6 is 23.2 Å². The summed E-state index contributed by atoms with van der Waals surface area (Å²) in [6.07, 6.45) is 0.265. The molecule has 0 heterocycles. The lowest BCUT2D eigenvalue weighted by Crippen LogP contribution is -2.21. The minimum atomic E-state index is -0.346. The Morgan fingerprint density at radius 2 is 1.94 bits per heavy atom. The molecule has 0 amide bonds. The van der Waals surface area contributed by atoms with Crippen LogP contribution in [0, 0.1) is 0 Å². The summed E-state index contributed by atoms with van der Waals surface area (Å²) in [5.41, 5.74) is 0.928. The molecule has 0 N–H and O–H groups in total. The van der Waals surface area contributed by atoms with Gasteiger partial charge in [-0.05, 0) is 12.5 Å². The maximum atomic E-state index is 11.4. The van der Waals surface area contributed by atoms with Crippen molar-refractivity contribution in [3.63, 3.8) is 0 Å². The van der Waals surface area contributed by atoms with Crippen LogP contribution in [-0.4, -0.2) is 23.3 Å². The van der Waals surface area contributed by atoms with Gasteiger partial charge in [0.05, 0.1) is 17.2 Å². The number of ether oxygens (including phenoxy) is 1. The van der Waals surface area contributed by atoms with Crippen LogP contribution in [0.1, 0.15) is 12.5 Å². The van der Waals surface area contributed by atoms with Crippen molar-refractivity contribution in [3.8, 4) is 0 Å². The van der Waals surface area contributed by atoms with E-state index in [9.17, 15) is 4.79 Å². The third-order valence-electron chi connectivity index (χ3n) is 2.09. The number of hydrogen-bond donors (Lipinski definition) is 0. The number of halogens is 2. The van der Waals surface area contributed by atoms with Gasteiger partial charge in [-0.3, -0.25) is 4.79 Å². The van der Waals surface area contributed by atoms with Crippen molar-refractivity contribution in [1.82, 2.24) is 0 Å². The van der Waals surface area contributed by atoms with Crippen molar-refractivity contribution in [2.24, 2.45) is 0 Å². The number of carbonyl (C=O) groups excluding carboxylic acids is 1. The summed E-state index contributed by atoms with van der Waals surface area (Å²) in [4.78, 5) is 11.4. The Balaban J connectivity index is 2.32. The van der Waals surface area contributed by atoms with Crippen molar-refractivity contribution < 1.29 is 9.53 Å².